The summed E-state index contributed by atoms with van der Waals surface area (Å²) in [6, 6.07) is 6.00. The van der Waals surface area contributed by atoms with Crippen molar-refractivity contribution in [1.29, 1.82) is 5.26 Å². The van der Waals surface area contributed by atoms with Gasteiger partial charge in [0, 0.05) is 14.1 Å². The number of carbonyl (C=O) groups excluding carboxylic acids is 3. The molecule has 1 aliphatic heterocycles. The zero-order chi connectivity index (χ0) is 18.6. The summed E-state index contributed by atoms with van der Waals surface area (Å²) in [4.78, 5) is 37.9. The van der Waals surface area contributed by atoms with Gasteiger partial charge in [-0.3, -0.25) is 19.4 Å². The highest BCUT2D eigenvalue weighted by Crippen LogP contribution is 2.30. The van der Waals surface area contributed by atoms with Crippen LogP contribution in [0.3, 0.4) is 0 Å². The van der Waals surface area contributed by atoms with Crippen LogP contribution in [0.4, 0.5) is 4.79 Å². The van der Waals surface area contributed by atoms with Gasteiger partial charge in [0.25, 0.3) is 11.8 Å². The molecule has 0 aromatic heterocycles. The van der Waals surface area contributed by atoms with Gasteiger partial charge >= 0.3 is 6.03 Å². The molecule has 0 spiro atoms. The van der Waals surface area contributed by atoms with E-state index in [1.54, 1.807) is 25.1 Å². The minimum absolute atomic E-state index is 0.127. The first-order valence-electron chi connectivity index (χ1n) is 7.49. The first-order chi connectivity index (χ1) is 11.9. The molecular formula is C17H17N3O5. The standard InChI is InChI=1S/C17H17N3O5/c1-4-24-14-10-11(5-6-13(14)25-8-7-18)9-12-15(21)19(2)17(23)20(3)16(12)22/h5-6,9-10H,4,8H2,1-3H3. The maximum absolute atomic E-state index is 12.2. The van der Waals surface area contributed by atoms with Gasteiger partial charge in [-0.2, -0.15) is 5.26 Å². The maximum Gasteiger partial charge on any atom is 0.333 e. The number of ether oxygens (including phenoxy) is 2. The summed E-state index contributed by atoms with van der Waals surface area (Å²) in [7, 11) is 2.62. The number of benzene rings is 1. The Morgan fingerprint density at radius 3 is 2.28 bits per heavy atom. The fourth-order valence-corrected chi connectivity index (χ4v) is 2.25. The molecule has 1 fully saturated rings. The number of likely N-dealkylation sites (N-methyl/N-ethyl adjacent to an activating group) is 2. The maximum atomic E-state index is 12.2. The Kier molecular flexibility index (Phi) is 5.39. The molecule has 130 valence electrons. The van der Waals surface area contributed by atoms with Crippen molar-refractivity contribution in [2.75, 3.05) is 27.3 Å². The highest BCUT2D eigenvalue weighted by atomic mass is 16.5. The van der Waals surface area contributed by atoms with Crippen LogP contribution < -0.4 is 9.47 Å². The van der Waals surface area contributed by atoms with Gasteiger partial charge < -0.3 is 9.47 Å². The van der Waals surface area contributed by atoms with Crippen LogP contribution in [0.1, 0.15) is 12.5 Å². The number of nitrogens with zero attached hydrogens (tertiary/aromatic N) is 3. The highest BCUT2D eigenvalue weighted by Gasteiger charge is 2.37. The molecule has 1 saturated heterocycles. The molecule has 2 rings (SSSR count). The zero-order valence-electron chi connectivity index (χ0n) is 14.1. The van der Waals surface area contributed by atoms with Crippen molar-refractivity contribution in [2.45, 2.75) is 6.92 Å². The third-order valence-electron chi connectivity index (χ3n) is 3.51. The van der Waals surface area contributed by atoms with Crippen LogP contribution in [0, 0.1) is 11.3 Å². The molecule has 8 heteroatoms. The predicted octanol–water partition coefficient (Wildman–Crippen LogP) is 1.42. The van der Waals surface area contributed by atoms with E-state index in [0.29, 0.717) is 23.7 Å². The van der Waals surface area contributed by atoms with E-state index in [1.165, 1.54) is 20.2 Å². The summed E-state index contributed by atoms with van der Waals surface area (Å²) in [5, 5.41) is 8.61. The first kappa shape index (κ1) is 18.0. The zero-order valence-corrected chi connectivity index (χ0v) is 14.1. The average Bonchev–Trinajstić information content (AvgIpc) is 2.61. The molecule has 0 atom stereocenters. The molecule has 0 N–H and O–H groups in total. The molecule has 0 unspecified atom stereocenters. The lowest BCUT2D eigenvalue weighted by atomic mass is 10.1. The van der Waals surface area contributed by atoms with E-state index in [-0.39, 0.29) is 12.2 Å². The normalized spacial score (nSPS) is 14.5. The summed E-state index contributed by atoms with van der Waals surface area (Å²) < 4.78 is 10.7. The van der Waals surface area contributed by atoms with E-state index in [9.17, 15) is 14.4 Å². The van der Waals surface area contributed by atoms with E-state index < -0.39 is 17.8 Å². The van der Waals surface area contributed by atoms with Crippen LogP contribution in [0.2, 0.25) is 0 Å². The second-order valence-corrected chi connectivity index (χ2v) is 5.15. The molecule has 1 aromatic carbocycles. The third kappa shape index (κ3) is 3.61. The fraction of sp³-hybridized carbons (Fsp3) is 0.294. The molecule has 0 saturated carbocycles. The van der Waals surface area contributed by atoms with Crippen LogP contribution in [-0.4, -0.2) is 55.0 Å². The van der Waals surface area contributed by atoms with Gasteiger partial charge in [-0.25, -0.2) is 4.79 Å². The lowest BCUT2D eigenvalue weighted by Crippen LogP contribution is -2.52. The number of carbonyl (C=O) groups is 3. The van der Waals surface area contributed by atoms with Gasteiger partial charge in [0.1, 0.15) is 11.6 Å². The van der Waals surface area contributed by atoms with Gasteiger partial charge in [0.05, 0.1) is 6.61 Å². The van der Waals surface area contributed by atoms with Crippen LogP contribution in [-0.2, 0) is 9.59 Å². The number of rotatable bonds is 5. The highest BCUT2D eigenvalue weighted by molar-refractivity contribution is 6.30. The van der Waals surface area contributed by atoms with Crippen molar-refractivity contribution in [3.63, 3.8) is 0 Å². The molecule has 25 heavy (non-hydrogen) atoms. The van der Waals surface area contributed by atoms with E-state index >= 15 is 0 Å². The van der Waals surface area contributed by atoms with Crippen molar-refractivity contribution >= 4 is 23.9 Å². The third-order valence-corrected chi connectivity index (χ3v) is 3.51. The smallest absolute Gasteiger partial charge is 0.333 e. The van der Waals surface area contributed by atoms with Gasteiger partial charge in [0.15, 0.2) is 18.1 Å². The van der Waals surface area contributed by atoms with Crippen LogP contribution in [0.15, 0.2) is 23.8 Å². The summed E-state index contributed by atoms with van der Waals surface area (Å²) in [6.45, 7) is 2.04. The second-order valence-electron chi connectivity index (χ2n) is 5.15. The number of amides is 4. The van der Waals surface area contributed by atoms with E-state index in [4.69, 9.17) is 14.7 Å². The summed E-state index contributed by atoms with van der Waals surface area (Å²) in [6.07, 6.45) is 1.39. The lowest BCUT2D eigenvalue weighted by molar-refractivity contribution is -0.134. The van der Waals surface area contributed by atoms with Crippen LogP contribution >= 0.6 is 0 Å². The van der Waals surface area contributed by atoms with Gasteiger partial charge in [0.2, 0.25) is 0 Å². The fourth-order valence-electron chi connectivity index (χ4n) is 2.25. The monoisotopic (exact) mass is 343 g/mol. The van der Waals surface area contributed by atoms with Gasteiger partial charge in [-0.15, -0.1) is 0 Å². The summed E-state index contributed by atoms with van der Waals surface area (Å²) in [5.41, 5.74) is 0.401. The Labute approximate surface area is 144 Å². The van der Waals surface area contributed by atoms with Crippen molar-refractivity contribution in [3.05, 3.63) is 29.3 Å². The van der Waals surface area contributed by atoms with E-state index in [1.807, 2.05) is 6.07 Å². The Morgan fingerprint density at radius 2 is 1.72 bits per heavy atom. The molecule has 0 radical (unpaired) electrons. The van der Waals surface area contributed by atoms with Crippen molar-refractivity contribution in [2.24, 2.45) is 0 Å². The van der Waals surface area contributed by atoms with Crippen LogP contribution in [0.5, 0.6) is 11.5 Å². The van der Waals surface area contributed by atoms with Gasteiger partial charge in [-0.05, 0) is 30.7 Å². The molecule has 1 aliphatic rings. The minimum Gasteiger partial charge on any atom is -0.490 e. The summed E-state index contributed by atoms with van der Waals surface area (Å²) in [5.74, 6) is -0.566. The first-order valence-corrected chi connectivity index (χ1v) is 7.49. The quantitative estimate of drug-likeness (QED) is 0.592. The molecule has 0 aliphatic carbocycles. The topological polar surface area (TPSA) is 99.9 Å². The van der Waals surface area contributed by atoms with E-state index in [0.717, 1.165) is 9.80 Å². The van der Waals surface area contributed by atoms with Crippen molar-refractivity contribution in [1.82, 2.24) is 9.80 Å². The Hall–Kier alpha value is -3.34. The number of hydrogen-bond acceptors (Lipinski definition) is 6. The number of barbiturate groups is 1. The Bertz CT molecular complexity index is 768. The Balaban J connectivity index is 2.40. The lowest BCUT2D eigenvalue weighted by Gasteiger charge is -2.28. The Morgan fingerprint density at radius 1 is 1.08 bits per heavy atom. The molecular weight excluding hydrogens is 326 g/mol. The summed E-state index contributed by atoms with van der Waals surface area (Å²) >= 11 is 0. The van der Waals surface area contributed by atoms with Crippen LogP contribution in [0.25, 0.3) is 6.08 Å². The number of urea groups is 1. The van der Waals surface area contributed by atoms with Crippen molar-refractivity contribution in [3.8, 4) is 17.6 Å². The average molecular weight is 343 g/mol. The van der Waals surface area contributed by atoms with Gasteiger partial charge in [-0.1, -0.05) is 6.07 Å². The number of hydrogen-bond donors (Lipinski definition) is 0. The number of imide groups is 2. The van der Waals surface area contributed by atoms with Crippen molar-refractivity contribution < 1.29 is 23.9 Å². The second kappa shape index (κ2) is 7.49. The molecule has 1 heterocycles. The molecule has 8 nitrogen and oxygen atoms in total. The molecule has 1 aromatic rings. The largest absolute Gasteiger partial charge is 0.490 e. The molecule has 4 amide bonds. The van der Waals surface area contributed by atoms with E-state index in [2.05, 4.69) is 0 Å². The SMILES string of the molecule is CCOc1cc(C=C2C(=O)N(C)C(=O)N(C)C2=O)ccc1OCC#N. The molecule has 0 bridgehead atoms. The minimum atomic E-state index is -0.678. The number of nitriles is 1. The predicted molar refractivity (Wildman–Crippen MR) is 87.6 cm³/mol.